The Hall–Kier alpha value is -2.51. The van der Waals surface area contributed by atoms with Crippen molar-refractivity contribution < 1.29 is 24.1 Å². The SMILES string of the molecule is C/C=C/[C@H]1O[C@H](CO)[C@@H](OCc2ccccc2)[C@H](OCc2ccccc2)[C@H]1NC(C)=O. The summed E-state index contributed by atoms with van der Waals surface area (Å²) in [5, 5.41) is 13.0. The minimum Gasteiger partial charge on any atom is -0.394 e. The molecule has 0 bridgehead atoms. The first-order valence-corrected chi connectivity index (χ1v) is 10.6. The molecule has 2 aromatic rings. The van der Waals surface area contributed by atoms with Gasteiger partial charge in [0.2, 0.25) is 5.91 Å². The third-order valence-corrected chi connectivity index (χ3v) is 5.23. The summed E-state index contributed by atoms with van der Waals surface area (Å²) < 4.78 is 18.7. The van der Waals surface area contributed by atoms with Gasteiger partial charge in [0.1, 0.15) is 18.3 Å². The van der Waals surface area contributed by atoms with Crippen LogP contribution in [0.2, 0.25) is 0 Å². The number of aliphatic hydroxyl groups is 1. The molecule has 6 heteroatoms. The zero-order valence-electron chi connectivity index (χ0n) is 18.0. The Labute approximate surface area is 183 Å². The van der Waals surface area contributed by atoms with Gasteiger partial charge in [-0.3, -0.25) is 4.79 Å². The van der Waals surface area contributed by atoms with Crippen LogP contribution in [0.1, 0.15) is 25.0 Å². The maximum Gasteiger partial charge on any atom is 0.217 e. The Morgan fingerprint density at radius 3 is 2.03 bits per heavy atom. The summed E-state index contributed by atoms with van der Waals surface area (Å²) >= 11 is 0. The predicted molar refractivity (Wildman–Crippen MR) is 118 cm³/mol. The van der Waals surface area contributed by atoms with Crippen molar-refractivity contribution in [3.05, 3.63) is 83.9 Å². The van der Waals surface area contributed by atoms with Gasteiger partial charge in [-0.15, -0.1) is 0 Å². The van der Waals surface area contributed by atoms with Crippen LogP contribution in [-0.2, 0) is 32.2 Å². The van der Waals surface area contributed by atoms with Gasteiger partial charge < -0.3 is 24.6 Å². The summed E-state index contributed by atoms with van der Waals surface area (Å²) in [5.41, 5.74) is 2.02. The molecular weight excluding hydrogens is 394 g/mol. The quantitative estimate of drug-likeness (QED) is 0.604. The van der Waals surface area contributed by atoms with E-state index >= 15 is 0 Å². The van der Waals surface area contributed by atoms with Gasteiger partial charge >= 0.3 is 0 Å². The fraction of sp³-hybridized carbons (Fsp3) is 0.400. The molecular formula is C25H31NO5. The number of amides is 1. The zero-order chi connectivity index (χ0) is 22.1. The summed E-state index contributed by atoms with van der Waals surface area (Å²) in [5.74, 6) is -0.180. The lowest BCUT2D eigenvalue weighted by molar-refractivity contribution is -0.219. The van der Waals surface area contributed by atoms with Gasteiger partial charge in [-0.2, -0.15) is 0 Å². The number of allylic oxidation sites excluding steroid dienone is 1. The molecule has 1 amide bonds. The molecule has 0 aliphatic carbocycles. The monoisotopic (exact) mass is 425 g/mol. The Kier molecular flexibility index (Phi) is 8.79. The van der Waals surface area contributed by atoms with Crippen LogP contribution in [0.15, 0.2) is 72.8 Å². The molecule has 1 saturated heterocycles. The van der Waals surface area contributed by atoms with Crippen molar-refractivity contribution in [2.24, 2.45) is 0 Å². The molecule has 1 fully saturated rings. The molecule has 6 nitrogen and oxygen atoms in total. The van der Waals surface area contributed by atoms with E-state index in [4.69, 9.17) is 14.2 Å². The molecule has 0 radical (unpaired) electrons. The molecule has 2 N–H and O–H groups in total. The number of benzene rings is 2. The van der Waals surface area contributed by atoms with Gasteiger partial charge in [-0.25, -0.2) is 0 Å². The third kappa shape index (κ3) is 6.48. The number of rotatable bonds is 9. The smallest absolute Gasteiger partial charge is 0.217 e. The highest BCUT2D eigenvalue weighted by molar-refractivity contribution is 5.73. The molecule has 1 aliphatic heterocycles. The Morgan fingerprint density at radius 2 is 1.55 bits per heavy atom. The average molecular weight is 426 g/mol. The van der Waals surface area contributed by atoms with Crippen LogP contribution >= 0.6 is 0 Å². The van der Waals surface area contributed by atoms with Crippen LogP contribution in [-0.4, -0.2) is 48.1 Å². The van der Waals surface area contributed by atoms with E-state index in [1.54, 1.807) is 0 Å². The minimum atomic E-state index is -0.587. The fourth-order valence-electron chi connectivity index (χ4n) is 3.80. The molecule has 0 unspecified atom stereocenters. The number of nitrogens with one attached hydrogen (secondary N) is 1. The molecule has 0 spiro atoms. The van der Waals surface area contributed by atoms with Crippen LogP contribution in [0.4, 0.5) is 0 Å². The van der Waals surface area contributed by atoms with Crippen molar-refractivity contribution in [1.29, 1.82) is 0 Å². The van der Waals surface area contributed by atoms with Crippen molar-refractivity contribution in [1.82, 2.24) is 5.32 Å². The van der Waals surface area contributed by atoms with Crippen molar-refractivity contribution >= 4 is 5.91 Å². The van der Waals surface area contributed by atoms with Crippen molar-refractivity contribution in [2.45, 2.75) is 57.5 Å². The van der Waals surface area contributed by atoms with Gasteiger partial charge in [0.15, 0.2) is 0 Å². The second-order valence-corrected chi connectivity index (χ2v) is 7.60. The molecule has 3 rings (SSSR count). The second-order valence-electron chi connectivity index (χ2n) is 7.60. The molecule has 31 heavy (non-hydrogen) atoms. The topological polar surface area (TPSA) is 77.0 Å². The van der Waals surface area contributed by atoms with E-state index in [1.807, 2.05) is 79.7 Å². The van der Waals surface area contributed by atoms with E-state index < -0.39 is 30.5 Å². The highest BCUT2D eigenvalue weighted by Crippen LogP contribution is 2.28. The van der Waals surface area contributed by atoms with E-state index in [0.717, 1.165) is 11.1 Å². The molecule has 0 aromatic heterocycles. The van der Waals surface area contributed by atoms with Crippen molar-refractivity contribution in [3.8, 4) is 0 Å². The molecule has 0 saturated carbocycles. The van der Waals surface area contributed by atoms with E-state index in [9.17, 15) is 9.90 Å². The van der Waals surface area contributed by atoms with Crippen LogP contribution in [0.3, 0.4) is 0 Å². The molecule has 166 valence electrons. The Bertz CT molecular complexity index is 826. The highest BCUT2D eigenvalue weighted by atomic mass is 16.6. The normalized spacial score (nSPS) is 26.1. The average Bonchev–Trinajstić information content (AvgIpc) is 2.79. The zero-order valence-corrected chi connectivity index (χ0v) is 18.0. The molecule has 1 aliphatic rings. The van der Waals surface area contributed by atoms with Crippen LogP contribution in [0.5, 0.6) is 0 Å². The number of carbonyl (C=O) groups is 1. The fourth-order valence-corrected chi connectivity index (χ4v) is 3.80. The van der Waals surface area contributed by atoms with Crippen molar-refractivity contribution in [3.63, 3.8) is 0 Å². The summed E-state index contributed by atoms with van der Waals surface area (Å²) in [6.45, 7) is 3.84. The predicted octanol–water partition coefficient (Wildman–Crippen LogP) is 3.00. The first-order valence-electron chi connectivity index (χ1n) is 10.6. The first-order chi connectivity index (χ1) is 15.1. The number of aliphatic hydroxyl groups excluding tert-OH is 1. The lowest BCUT2D eigenvalue weighted by atomic mass is 9.91. The highest BCUT2D eigenvalue weighted by Gasteiger charge is 2.46. The maximum absolute atomic E-state index is 12.0. The number of carbonyl (C=O) groups excluding carboxylic acids is 1. The molecule has 1 heterocycles. The van der Waals surface area contributed by atoms with Crippen molar-refractivity contribution in [2.75, 3.05) is 6.61 Å². The van der Waals surface area contributed by atoms with Gasteiger partial charge in [0, 0.05) is 6.92 Å². The third-order valence-electron chi connectivity index (χ3n) is 5.23. The minimum absolute atomic E-state index is 0.180. The van der Waals surface area contributed by atoms with E-state index in [2.05, 4.69) is 5.32 Å². The second kappa shape index (κ2) is 11.8. The summed E-state index contributed by atoms with van der Waals surface area (Å²) in [6, 6.07) is 19.2. The largest absolute Gasteiger partial charge is 0.394 e. The van der Waals surface area contributed by atoms with E-state index in [-0.39, 0.29) is 12.5 Å². The number of ether oxygens (including phenoxy) is 3. The Morgan fingerprint density at radius 1 is 1.00 bits per heavy atom. The van der Waals surface area contributed by atoms with Crippen LogP contribution < -0.4 is 5.32 Å². The molecule has 2 aromatic carbocycles. The Balaban J connectivity index is 1.86. The van der Waals surface area contributed by atoms with Gasteiger partial charge in [-0.05, 0) is 18.1 Å². The van der Waals surface area contributed by atoms with Gasteiger partial charge in [0.25, 0.3) is 0 Å². The lowest BCUT2D eigenvalue weighted by Gasteiger charge is -2.45. The lowest BCUT2D eigenvalue weighted by Crippen LogP contribution is -2.64. The summed E-state index contributed by atoms with van der Waals surface area (Å²) in [6.07, 6.45) is 1.63. The van der Waals surface area contributed by atoms with E-state index in [1.165, 1.54) is 6.92 Å². The summed E-state index contributed by atoms with van der Waals surface area (Å²) in [7, 11) is 0. The van der Waals surface area contributed by atoms with Crippen LogP contribution in [0.25, 0.3) is 0 Å². The molecule has 5 atom stereocenters. The number of hydrogen-bond donors (Lipinski definition) is 2. The standard InChI is InChI=1S/C25H31NO5/c1-3-10-21-23(26-18(2)28)25(30-17-20-13-8-5-9-14-20)24(22(15-27)31-21)29-16-19-11-6-4-7-12-19/h3-14,21-25,27H,15-17H2,1-2H3,(H,26,28)/b10-3+/t21-,22-,23+,24-,25-/m1/s1. The summed E-state index contributed by atoms with van der Waals surface area (Å²) in [4.78, 5) is 12.0. The van der Waals surface area contributed by atoms with Gasteiger partial charge in [-0.1, -0.05) is 72.8 Å². The van der Waals surface area contributed by atoms with Gasteiger partial charge in [0.05, 0.1) is 32.0 Å². The van der Waals surface area contributed by atoms with Crippen LogP contribution in [0, 0.1) is 0 Å². The number of hydrogen-bond acceptors (Lipinski definition) is 5. The first kappa shape index (κ1) is 23.2. The van der Waals surface area contributed by atoms with E-state index in [0.29, 0.717) is 13.2 Å². The maximum atomic E-state index is 12.0.